The zero-order chi connectivity index (χ0) is 13.6. The van der Waals surface area contributed by atoms with Crippen molar-refractivity contribution < 1.29 is 19.4 Å². The highest BCUT2D eigenvalue weighted by Crippen LogP contribution is 2.66. The van der Waals surface area contributed by atoms with E-state index in [2.05, 4.69) is 13.8 Å². The third-order valence-electron chi connectivity index (χ3n) is 6.42. The first kappa shape index (κ1) is 12.2. The highest BCUT2D eigenvalue weighted by atomic mass is 16.6. The molecule has 3 aliphatic heterocycles. The highest BCUT2D eigenvalue weighted by Gasteiger charge is 2.71. The summed E-state index contributed by atoms with van der Waals surface area (Å²) in [5.41, 5.74) is -0.218. The van der Waals surface area contributed by atoms with Gasteiger partial charge >= 0.3 is 5.97 Å². The fraction of sp³-hybridized carbons (Fsp3) is 0.933. The first-order valence-electron chi connectivity index (χ1n) is 7.43. The lowest BCUT2D eigenvalue weighted by Gasteiger charge is -2.51. The van der Waals surface area contributed by atoms with Gasteiger partial charge in [-0.15, -0.1) is 0 Å². The molecule has 4 aliphatic rings. The van der Waals surface area contributed by atoms with Gasteiger partial charge in [0, 0.05) is 17.3 Å². The molecule has 0 aromatic carbocycles. The van der Waals surface area contributed by atoms with E-state index in [-0.39, 0.29) is 46.9 Å². The summed E-state index contributed by atoms with van der Waals surface area (Å²) in [6, 6.07) is 0. The second-order valence-electron chi connectivity index (χ2n) is 7.48. The third kappa shape index (κ3) is 1.25. The molecule has 4 rings (SSSR count). The van der Waals surface area contributed by atoms with Crippen LogP contribution in [0.3, 0.4) is 0 Å². The quantitative estimate of drug-likeness (QED) is 0.675. The van der Waals surface area contributed by atoms with Crippen LogP contribution in [0, 0.1) is 23.2 Å². The SMILES string of the molecule is C[C@@H]1C(=O)O[C@H]2C1[C@@H](O)C[C@@]1(C)[C@@H]2[C@]2(C)CC[C@H]1O2. The number of hydrogen-bond acceptors (Lipinski definition) is 4. The number of esters is 1. The van der Waals surface area contributed by atoms with E-state index in [1.165, 1.54) is 0 Å². The lowest BCUT2D eigenvalue weighted by atomic mass is 9.52. The molecule has 0 radical (unpaired) electrons. The van der Waals surface area contributed by atoms with E-state index in [0.717, 1.165) is 19.3 Å². The second-order valence-corrected chi connectivity index (χ2v) is 7.48. The molecule has 0 aromatic heterocycles. The molecule has 106 valence electrons. The Morgan fingerprint density at radius 2 is 2.11 bits per heavy atom. The maximum atomic E-state index is 11.9. The standard InChI is InChI=1S/C15H22O4/c1-7-10-8(16)6-14(2)9-4-5-15(3,19-9)12(14)11(10)18-13(7)17/h7-12,16H,4-6H2,1-3H3/t7-,8-,9+,10?,11-,12+,14+,15-/m0/s1. The molecule has 1 aliphatic carbocycles. The van der Waals surface area contributed by atoms with Crippen LogP contribution in [0.1, 0.15) is 40.0 Å². The van der Waals surface area contributed by atoms with Crippen molar-refractivity contribution in [2.75, 3.05) is 0 Å². The van der Waals surface area contributed by atoms with Gasteiger partial charge in [0.1, 0.15) is 6.10 Å². The average Bonchev–Trinajstić information content (AvgIpc) is 2.88. The predicted octanol–water partition coefficient (Wildman–Crippen LogP) is 1.50. The number of hydrogen-bond donors (Lipinski definition) is 1. The molecule has 8 atom stereocenters. The summed E-state index contributed by atoms with van der Waals surface area (Å²) in [5, 5.41) is 10.5. The molecular weight excluding hydrogens is 244 g/mol. The molecule has 1 saturated carbocycles. The Kier molecular flexibility index (Phi) is 2.14. The van der Waals surface area contributed by atoms with Crippen LogP contribution in [0.2, 0.25) is 0 Å². The molecule has 4 heteroatoms. The Morgan fingerprint density at radius 3 is 2.84 bits per heavy atom. The topological polar surface area (TPSA) is 55.8 Å². The van der Waals surface area contributed by atoms with Crippen LogP contribution in [0.4, 0.5) is 0 Å². The molecule has 0 aromatic rings. The predicted molar refractivity (Wildman–Crippen MR) is 67.3 cm³/mol. The molecule has 4 fully saturated rings. The summed E-state index contributed by atoms with van der Waals surface area (Å²) in [5.74, 6) is -0.150. The molecular formula is C15H22O4. The van der Waals surface area contributed by atoms with Gasteiger partial charge in [-0.1, -0.05) is 13.8 Å². The van der Waals surface area contributed by atoms with Crippen LogP contribution >= 0.6 is 0 Å². The van der Waals surface area contributed by atoms with E-state index < -0.39 is 6.10 Å². The van der Waals surface area contributed by atoms with Crippen molar-refractivity contribution in [2.24, 2.45) is 23.2 Å². The average molecular weight is 266 g/mol. The van der Waals surface area contributed by atoms with E-state index in [1.54, 1.807) is 0 Å². The molecule has 0 spiro atoms. The molecule has 4 nitrogen and oxygen atoms in total. The Morgan fingerprint density at radius 1 is 1.37 bits per heavy atom. The van der Waals surface area contributed by atoms with Crippen LogP contribution in [-0.4, -0.2) is 35.0 Å². The summed E-state index contributed by atoms with van der Waals surface area (Å²) >= 11 is 0. The minimum absolute atomic E-state index is 0.0437. The van der Waals surface area contributed by atoms with Crippen LogP contribution in [-0.2, 0) is 14.3 Å². The van der Waals surface area contributed by atoms with Crippen molar-refractivity contribution in [2.45, 2.75) is 63.9 Å². The monoisotopic (exact) mass is 266 g/mol. The zero-order valence-corrected chi connectivity index (χ0v) is 11.8. The summed E-state index contributed by atoms with van der Waals surface area (Å²) in [4.78, 5) is 11.9. The number of carbonyl (C=O) groups excluding carboxylic acids is 1. The van der Waals surface area contributed by atoms with Gasteiger partial charge in [0.2, 0.25) is 0 Å². The van der Waals surface area contributed by atoms with Crippen molar-refractivity contribution in [3.63, 3.8) is 0 Å². The molecule has 19 heavy (non-hydrogen) atoms. The van der Waals surface area contributed by atoms with Crippen molar-refractivity contribution in [1.82, 2.24) is 0 Å². The minimum Gasteiger partial charge on any atom is -0.461 e. The minimum atomic E-state index is -0.445. The Bertz CT molecular complexity index is 449. The van der Waals surface area contributed by atoms with Gasteiger partial charge in [-0.2, -0.15) is 0 Å². The maximum Gasteiger partial charge on any atom is 0.309 e. The van der Waals surface area contributed by atoms with Crippen LogP contribution in [0.15, 0.2) is 0 Å². The fourth-order valence-electron chi connectivity index (χ4n) is 5.62. The number of carbonyl (C=O) groups is 1. The summed E-state index contributed by atoms with van der Waals surface area (Å²) in [6.07, 6.45) is 2.46. The smallest absolute Gasteiger partial charge is 0.309 e. The molecule has 0 amide bonds. The molecule has 1 N–H and O–H groups in total. The van der Waals surface area contributed by atoms with Gasteiger partial charge < -0.3 is 14.6 Å². The van der Waals surface area contributed by atoms with Gasteiger partial charge in [0.05, 0.1) is 23.7 Å². The summed E-state index contributed by atoms with van der Waals surface area (Å²) in [7, 11) is 0. The van der Waals surface area contributed by atoms with E-state index in [0.29, 0.717) is 0 Å². The van der Waals surface area contributed by atoms with Crippen molar-refractivity contribution in [3.8, 4) is 0 Å². The maximum absolute atomic E-state index is 11.9. The molecule has 3 heterocycles. The number of aliphatic hydroxyl groups excluding tert-OH is 1. The Labute approximate surface area is 113 Å². The van der Waals surface area contributed by atoms with Gasteiger partial charge in [0.15, 0.2) is 0 Å². The largest absolute Gasteiger partial charge is 0.461 e. The van der Waals surface area contributed by atoms with Crippen LogP contribution in [0.25, 0.3) is 0 Å². The van der Waals surface area contributed by atoms with Gasteiger partial charge in [-0.3, -0.25) is 4.79 Å². The third-order valence-corrected chi connectivity index (χ3v) is 6.42. The summed E-state index contributed by atoms with van der Waals surface area (Å²) < 4.78 is 11.9. The Balaban J connectivity index is 1.80. The van der Waals surface area contributed by atoms with Gasteiger partial charge in [-0.25, -0.2) is 0 Å². The van der Waals surface area contributed by atoms with Crippen molar-refractivity contribution in [3.05, 3.63) is 0 Å². The van der Waals surface area contributed by atoms with Crippen molar-refractivity contribution >= 4 is 5.97 Å². The van der Waals surface area contributed by atoms with Gasteiger partial charge in [0.25, 0.3) is 0 Å². The number of ether oxygens (including phenoxy) is 2. The van der Waals surface area contributed by atoms with E-state index in [4.69, 9.17) is 9.47 Å². The highest BCUT2D eigenvalue weighted by molar-refractivity contribution is 5.75. The number of rotatable bonds is 0. The second kappa shape index (κ2) is 3.34. The first-order valence-corrected chi connectivity index (χ1v) is 7.43. The van der Waals surface area contributed by atoms with E-state index in [9.17, 15) is 9.90 Å². The Hall–Kier alpha value is -0.610. The van der Waals surface area contributed by atoms with E-state index in [1.807, 2.05) is 6.92 Å². The summed E-state index contributed by atoms with van der Waals surface area (Å²) in [6.45, 7) is 6.26. The van der Waals surface area contributed by atoms with E-state index >= 15 is 0 Å². The normalized spacial score (nSPS) is 62.8. The lowest BCUT2D eigenvalue weighted by Crippen LogP contribution is -2.58. The zero-order valence-electron chi connectivity index (χ0n) is 11.8. The van der Waals surface area contributed by atoms with Crippen molar-refractivity contribution in [1.29, 1.82) is 0 Å². The molecule has 2 bridgehead atoms. The number of fused-ring (bicyclic) bond motifs is 7. The lowest BCUT2D eigenvalue weighted by molar-refractivity contribution is -0.155. The first-order chi connectivity index (χ1) is 8.87. The fourth-order valence-corrected chi connectivity index (χ4v) is 5.62. The van der Waals surface area contributed by atoms with Crippen LogP contribution in [0.5, 0.6) is 0 Å². The molecule has 3 saturated heterocycles. The molecule has 1 unspecified atom stereocenters. The van der Waals surface area contributed by atoms with Gasteiger partial charge in [-0.05, 0) is 26.2 Å². The van der Waals surface area contributed by atoms with Crippen LogP contribution < -0.4 is 0 Å². The number of aliphatic hydroxyl groups is 1.